The van der Waals surface area contributed by atoms with Crippen molar-refractivity contribution in [3.63, 3.8) is 0 Å². The molecule has 0 unspecified atom stereocenters. The number of fused-ring (bicyclic) bond motifs is 1. The summed E-state index contributed by atoms with van der Waals surface area (Å²) in [6, 6.07) is 4.02. The third kappa shape index (κ3) is 2.29. The molecule has 2 aliphatic rings. The molecule has 4 nitrogen and oxygen atoms in total. The molecule has 1 amide bonds. The van der Waals surface area contributed by atoms with Crippen LogP contribution in [0, 0.1) is 0 Å². The maximum atomic E-state index is 12.7. The van der Waals surface area contributed by atoms with Gasteiger partial charge in [0.05, 0.1) is 19.8 Å². The second-order valence-electron chi connectivity index (χ2n) is 5.67. The first-order valence-corrected chi connectivity index (χ1v) is 7.34. The van der Waals surface area contributed by atoms with Gasteiger partial charge in [-0.3, -0.25) is 4.79 Å². The summed E-state index contributed by atoms with van der Waals surface area (Å²) in [4.78, 5) is 14.5. The van der Waals surface area contributed by atoms with E-state index in [4.69, 9.17) is 9.47 Å². The van der Waals surface area contributed by atoms with E-state index in [2.05, 4.69) is 13.8 Å². The molecule has 3 rings (SSSR count). The molecule has 0 atom stereocenters. The van der Waals surface area contributed by atoms with Crippen molar-refractivity contribution < 1.29 is 14.3 Å². The Labute approximate surface area is 119 Å². The summed E-state index contributed by atoms with van der Waals surface area (Å²) in [6.45, 7) is 7.62. The molecule has 0 radical (unpaired) electrons. The minimum absolute atomic E-state index is 0.116. The van der Waals surface area contributed by atoms with Crippen molar-refractivity contribution >= 4 is 5.91 Å². The minimum atomic E-state index is 0.116. The zero-order chi connectivity index (χ0) is 14.1. The topological polar surface area (TPSA) is 38.8 Å². The average Bonchev–Trinajstić information content (AvgIpc) is 2.95. The Morgan fingerprint density at radius 2 is 1.95 bits per heavy atom. The summed E-state index contributed by atoms with van der Waals surface area (Å²) < 4.78 is 11.1. The number of carbonyl (C=O) groups excluding carboxylic acids is 1. The second-order valence-corrected chi connectivity index (χ2v) is 5.67. The van der Waals surface area contributed by atoms with Crippen molar-refractivity contribution in [2.45, 2.75) is 26.2 Å². The lowest BCUT2D eigenvalue weighted by molar-refractivity contribution is 0.0302. The molecule has 0 saturated carbocycles. The Hall–Kier alpha value is -1.55. The number of ether oxygens (including phenoxy) is 2. The van der Waals surface area contributed by atoms with Gasteiger partial charge in [0, 0.05) is 30.6 Å². The number of hydrogen-bond donors (Lipinski definition) is 0. The van der Waals surface area contributed by atoms with Gasteiger partial charge in [-0.25, -0.2) is 0 Å². The number of benzene rings is 1. The Kier molecular flexibility index (Phi) is 3.66. The number of rotatable bonds is 2. The Morgan fingerprint density at radius 3 is 2.65 bits per heavy atom. The van der Waals surface area contributed by atoms with Gasteiger partial charge in [0.25, 0.3) is 5.91 Å². The molecule has 0 aliphatic carbocycles. The fourth-order valence-corrected chi connectivity index (χ4v) is 2.91. The van der Waals surface area contributed by atoms with Crippen LogP contribution < -0.4 is 4.74 Å². The normalized spacial score (nSPS) is 18.1. The molecule has 0 bridgehead atoms. The molecule has 1 saturated heterocycles. The quantitative estimate of drug-likeness (QED) is 0.830. The van der Waals surface area contributed by atoms with Crippen LogP contribution in [0.2, 0.25) is 0 Å². The van der Waals surface area contributed by atoms with E-state index in [0.29, 0.717) is 38.8 Å². The molecule has 1 aromatic carbocycles. The maximum Gasteiger partial charge on any atom is 0.254 e. The van der Waals surface area contributed by atoms with E-state index >= 15 is 0 Å². The number of hydrogen-bond acceptors (Lipinski definition) is 3. The summed E-state index contributed by atoms with van der Waals surface area (Å²) in [6.07, 6.45) is 0.835. The average molecular weight is 275 g/mol. The van der Waals surface area contributed by atoms with Gasteiger partial charge in [-0.1, -0.05) is 19.9 Å². The van der Waals surface area contributed by atoms with Crippen molar-refractivity contribution in [3.8, 4) is 5.75 Å². The lowest BCUT2D eigenvalue weighted by Gasteiger charge is -2.27. The highest BCUT2D eigenvalue weighted by Crippen LogP contribution is 2.36. The lowest BCUT2D eigenvalue weighted by Crippen LogP contribution is -2.41. The molecule has 0 aromatic heterocycles. The highest BCUT2D eigenvalue weighted by molar-refractivity contribution is 5.96. The molecule has 2 heterocycles. The van der Waals surface area contributed by atoms with E-state index in [9.17, 15) is 4.79 Å². The molecule has 1 fully saturated rings. The summed E-state index contributed by atoms with van der Waals surface area (Å²) in [5.74, 6) is 1.47. The van der Waals surface area contributed by atoms with Crippen LogP contribution >= 0.6 is 0 Å². The minimum Gasteiger partial charge on any atom is -0.493 e. The van der Waals surface area contributed by atoms with Gasteiger partial charge >= 0.3 is 0 Å². The zero-order valence-corrected chi connectivity index (χ0v) is 12.1. The molecule has 2 aliphatic heterocycles. The van der Waals surface area contributed by atoms with Crippen LogP contribution in [-0.4, -0.2) is 43.7 Å². The zero-order valence-electron chi connectivity index (χ0n) is 12.1. The van der Waals surface area contributed by atoms with Crippen LogP contribution in [0.25, 0.3) is 0 Å². The van der Waals surface area contributed by atoms with E-state index < -0.39 is 0 Å². The van der Waals surface area contributed by atoms with Gasteiger partial charge < -0.3 is 14.4 Å². The van der Waals surface area contributed by atoms with Crippen LogP contribution in [0.4, 0.5) is 0 Å². The molecular weight excluding hydrogens is 254 g/mol. The van der Waals surface area contributed by atoms with Crippen molar-refractivity contribution in [2.75, 3.05) is 32.9 Å². The Morgan fingerprint density at radius 1 is 1.20 bits per heavy atom. The number of morpholine rings is 1. The van der Waals surface area contributed by atoms with Gasteiger partial charge in [0.1, 0.15) is 5.75 Å². The van der Waals surface area contributed by atoms with Crippen LogP contribution in [0.3, 0.4) is 0 Å². The van der Waals surface area contributed by atoms with Gasteiger partial charge in [0.2, 0.25) is 0 Å². The third-order valence-electron chi connectivity index (χ3n) is 4.04. The van der Waals surface area contributed by atoms with Crippen molar-refractivity contribution in [3.05, 3.63) is 28.8 Å². The second kappa shape index (κ2) is 5.44. The molecule has 1 aromatic rings. The van der Waals surface area contributed by atoms with Crippen LogP contribution in [0.1, 0.15) is 41.3 Å². The predicted octanol–water partition coefficient (Wildman–Crippen LogP) is 2.22. The summed E-state index contributed by atoms with van der Waals surface area (Å²) in [5.41, 5.74) is 3.10. The van der Waals surface area contributed by atoms with E-state index in [1.54, 1.807) is 0 Å². The van der Waals surface area contributed by atoms with E-state index in [0.717, 1.165) is 23.3 Å². The van der Waals surface area contributed by atoms with Crippen LogP contribution in [0.15, 0.2) is 12.1 Å². The SMILES string of the molecule is CC(C)c1ccc(C(=O)N2CCOCC2)c2c1OCC2. The first-order chi connectivity index (χ1) is 9.68. The van der Waals surface area contributed by atoms with Crippen molar-refractivity contribution in [1.29, 1.82) is 0 Å². The number of carbonyl (C=O) groups is 1. The lowest BCUT2D eigenvalue weighted by atomic mass is 9.94. The first kappa shape index (κ1) is 13.4. The highest BCUT2D eigenvalue weighted by Gasteiger charge is 2.27. The van der Waals surface area contributed by atoms with Gasteiger partial charge in [-0.05, 0) is 17.5 Å². The monoisotopic (exact) mass is 275 g/mol. The Balaban J connectivity index is 1.94. The first-order valence-electron chi connectivity index (χ1n) is 7.34. The van der Waals surface area contributed by atoms with Crippen molar-refractivity contribution in [1.82, 2.24) is 4.90 Å². The molecule has 0 N–H and O–H groups in total. The number of amides is 1. The maximum absolute atomic E-state index is 12.7. The van der Waals surface area contributed by atoms with Gasteiger partial charge in [-0.2, -0.15) is 0 Å². The fourth-order valence-electron chi connectivity index (χ4n) is 2.91. The van der Waals surface area contributed by atoms with E-state index in [1.807, 2.05) is 17.0 Å². The van der Waals surface area contributed by atoms with E-state index in [1.165, 1.54) is 5.56 Å². The molecule has 0 spiro atoms. The van der Waals surface area contributed by atoms with Crippen LogP contribution in [-0.2, 0) is 11.2 Å². The molecule has 20 heavy (non-hydrogen) atoms. The molecule has 108 valence electrons. The van der Waals surface area contributed by atoms with Gasteiger partial charge in [-0.15, -0.1) is 0 Å². The number of nitrogens with zero attached hydrogens (tertiary/aromatic N) is 1. The predicted molar refractivity (Wildman–Crippen MR) is 76.5 cm³/mol. The smallest absolute Gasteiger partial charge is 0.254 e. The largest absolute Gasteiger partial charge is 0.493 e. The Bertz CT molecular complexity index is 519. The third-order valence-corrected chi connectivity index (χ3v) is 4.04. The fraction of sp³-hybridized carbons (Fsp3) is 0.562. The van der Waals surface area contributed by atoms with Crippen LogP contribution in [0.5, 0.6) is 5.75 Å². The summed E-state index contributed by atoms with van der Waals surface area (Å²) >= 11 is 0. The van der Waals surface area contributed by atoms with Gasteiger partial charge in [0.15, 0.2) is 0 Å². The molecule has 4 heteroatoms. The summed E-state index contributed by atoms with van der Waals surface area (Å²) in [5, 5.41) is 0. The highest BCUT2D eigenvalue weighted by atomic mass is 16.5. The van der Waals surface area contributed by atoms with E-state index in [-0.39, 0.29) is 5.91 Å². The van der Waals surface area contributed by atoms with Crippen molar-refractivity contribution in [2.24, 2.45) is 0 Å². The standard InChI is InChI=1S/C16H21NO3/c1-11(2)12-3-4-14(13-5-8-20-15(12)13)16(18)17-6-9-19-10-7-17/h3-4,11H,5-10H2,1-2H3. The molecular formula is C16H21NO3. The summed E-state index contributed by atoms with van der Waals surface area (Å²) in [7, 11) is 0.